The second kappa shape index (κ2) is 9.99. The molecule has 0 saturated heterocycles. The lowest BCUT2D eigenvalue weighted by Crippen LogP contribution is -2.33. The van der Waals surface area contributed by atoms with Crippen molar-refractivity contribution >= 4 is 29.0 Å². The van der Waals surface area contributed by atoms with Gasteiger partial charge in [0.2, 0.25) is 0 Å². The van der Waals surface area contributed by atoms with Crippen molar-refractivity contribution in [1.29, 1.82) is 0 Å². The number of esters is 1. The van der Waals surface area contributed by atoms with Crippen molar-refractivity contribution in [3.05, 3.63) is 23.2 Å². The number of rotatable bonds is 8. The lowest BCUT2D eigenvalue weighted by Gasteiger charge is -2.07. The van der Waals surface area contributed by atoms with Crippen LogP contribution < -0.4 is 10.7 Å². The Morgan fingerprint density at radius 2 is 2.09 bits per heavy atom. The average molecular weight is 339 g/mol. The summed E-state index contributed by atoms with van der Waals surface area (Å²) in [7, 11) is 1.41. The van der Waals surface area contributed by atoms with E-state index in [1.54, 1.807) is 0 Å². The minimum Gasteiger partial charge on any atom is -0.469 e. The topological polar surface area (TPSA) is 75.9 Å². The summed E-state index contributed by atoms with van der Waals surface area (Å²) in [4.78, 5) is 11.0. The summed E-state index contributed by atoms with van der Waals surface area (Å²) in [5.74, 6) is 1.54. The molecule has 0 aliphatic heterocycles. The number of aryl methyl sites for hydroxylation is 2. The number of nitrogens with zero attached hydrogens (tertiary/aromatic N) is 1. The maximum Gasteiger partial charge on any atom is 0.305 e. The van der Waals surface area contributed by atoms with Crippen LogP contribution >= 0.6 is 12.2 Å². The van der Waals surface area contributed by atoms with Crippen LogP contribution in [-0.2, 0) is 9.53 Å². The van der Waals surface area contributed by atoms with E-state index >= 15 is 0 Å². The molecule has 0 aromatic carbocycles. The SMILES string of the molecule is COC(=O)CCCCCNC(=S)N/N=C(/C)c1cc(C)oc1C. The molecule has 0 bridgehead atoms. The Morgan fingerprint density at radius 1 is 1.35 bits per heavy atom. The van der Waals surface area contributed by atoms with E-state index in [1.807, 2.05) is 26.8 Å². The van der Waals surface area contributed by atoms with Gasteiger partial charge in [0.05, 0.1) is 12.8 Å². The number of hydrazone groups is 1. The van der Waals surface area contributed by atoms with E-state index < -0.39 is 0 Å². The van der Waals surface area contributed by atoms with Gasteiger partial charge in [-0.25, -0.2) is 0 Å². The fourth-order valence-electron chi connectivity index (χ4n) is 2.10. The standard InChI is InChI=1S/C16H25N3O3S/c1-11-10-14(13(3)22-11)12(2)18-19-16(23)17-9-7-5-6-8-15(20)21-4/h10H,5-9H2,1-4H3,(H2,17,19,23)/b18-12-. The minimum atomic E-state index is -0.162. The van der Waals surface area contributed by atoms with Gasteiger partial charge in [0.25, 0.3) is 0 Å². The molecule has 0 amide bonds. The Hall–Kier alpha value is -1.89. The Kier molecular flexibility index (Phi) is 8.32. The molecule has 0 aliphatic rings. The van der Waals surface area contributed by atoms with Crippen molar-refractivity contribution in [2.75, 3.05) is 13.7 Å². The van der Waals surface area contributed by atoms with Crippen LogP contribution in [-0.4, -0.2) is 30.4 Å². The van der Waals surface area contributed by atoms with Crippen molar-refractivity contribution in [1.82, 2.24) is 10.7 Å². The molecule has 0 atom stereocenters. The fraction of sp³-hybridized carbons (Fsp3) is 0.562. The lowest BCUT2D eigenvalue weighted by molar-refractivity contribution is -0.140. The summed E-state index contributed by atoms with van der Waals surface area (Å²) < 4.78 is 10.1. The van der Waals surface area contributed by atoms with Crippen LogP contribution in [0.1, 0.15) is 49.7 Å². The molecule has 0 aliphatic carbocycles. The molecule has 1 rings (SSSR count). The third-order valence-electron chi connectivity index (χ3n) is 3.33. The summed E-state index contributed by atoms with van der Waals surface area (Å²) in [5, 5.41) is 7.83. The molecule has 6 nitrogen and oxygen atoms in total. The molecule has 128 valence electrons. The lowest BCUT2D eigenvalue weighted by atomic mass is 10.2. The highest BCUT2D eigenvalue weighted by Gasteiger charge is 2.07. The quantitative estimate of drug-likeness (QED) is 0.249. The van der Waals surface area contributed by atoms with E-state index in [0.717, 1.165) is 48.6 Å². The first-order valence-corrected chi connectivity index (χ1v) is 8.07. The highest BCUT2D eigenvalue weighted by atomic mass is 32.1. The predicted octanol–water partition coefficient (Wildman–Crippen LogP) is 2.82. The zero-order valence-electron chi connectivity index (χ0n) is 14.2. The first-order valence-electron chi connectivity index (χ1n) is 7.66. The molecule has 7 heteroatoms. The zero-order chi connectivity index (χ0) is 17.2. The highest BCUT2D eigenvalue weighted by molar-refractivity contribution is 7.80. The monoisotopic (exact) mass is 339 g/mol. The number of nitrogens with one attached hydrogen (secondary N) is 2. The first-order chi connectivity index (χ1) is 10.9. The maximum absolute atomic E-state index is 11.0. The molecular weight excluding hydrogens is 314 g/mol. The fourth-order valence-corrected chi connectivity index (χ4v) is 2.25. The van der Waals surface area contributed by atoms with Crippen molar-refractivity contribution < 1.29 is 13.9 Å². The van der Waals surface area contributed by atoms with Gasteiger partial charge in [0.15, 0.2) is 5.11 Å². The zero-order valence-corrected chi connectivity index (χ0v) is 15.0. The molecule has 0 fully saturated rings. The van der Waals surface area contributed by atoms with E-state index in [-0.39, 0.29) is 5.97 Å². The largest absolute Gasteiger partial charge is 0.469 e. The molecular formula is C16H25N3O3S. The second-order valence-electron chi connectivity index (χ2n) is 5.28. The molecule has 0 spiro atoms. The average Bonchev–Trinajstić information content (AvgIpc) is 2.86. The van der Waals surface area contributed by atoms with Crippen molar-refractivity contribution in [2.24, 2.45) is 5.10 Å². The van der Waals surface area contributed by atoms with E-state index in [1.165, 1.54) is 7.11 Å². The third-order valence-corrected chi connectivity index (χ3v) is 3.56. The molecule has 0 saturated carbocycles. The van der Waals surface area contributed by atoms with Crippen LogP contribution in [0.3, 0.4) is 0 Å². The van der Waals surface area contributed by atoms with E-state index in [2.05, 4.69) is 20.6 Å². The third kappa shape index (κ3) is 7.27. The molecule has 1 aromatic heterocycles. The van der Waals surface area contributed by atoms with E-state index in [9.17, 15) is 4.79 Å². The predicted molar refractivity (Wildman–Crippen MR) is 94.6 cm³/mol. The smallest absolute Gasteiger partial charge is 0.305 e. The second-order valence-corrected chi connectivity index (χ2v) is 5.69. The van der Waals surface area contributed by atoms with Crippen LogP contribution in [0.4, 0.5) is 0 Å². The van der Waals surface area contributed by atoms with Gasteiger partial charge in [-0.1, -0.05) is 6.42 Å². The minimum absolute atomic E-state index is 0.162. The molecule has 2 N–H and O–H groups in total. The molecule has 23 heavy (non-hydrogen) atoms. The number of methoxy groups -OCH3 is 1. The number of unbranched alkanes of at least 4 members (excludes halogenated alkanes) is 2. The summed E-state index contributed by atoms with van der Waals surface area (Å²) in [6.07, 6.45) is 3.17. The Labute approximate surface area is 142 Å². The van der Waals surface area contributed by atoms with Crippen molar-refractivity contribution in [3.8, 4) is 0 Å². The Bertz CT molecular complexity index is 567. The van der Waals surface area contributed by atoms with Gasteiger partial charge in [0, 0.05) is 18.5 Å². The molecule has 1 aromatic rings. The van der Waals surface area contributed by atoms with Gasteiger partial charge in [-0.05, 0) is 51.9 Å². The number of thiocarbonyl (C=S) groups is 1. The van der Waals surface area contributed by atoms with Crippen LogP contribution in [0.2, 0.25) is 0 Å². The van der Waals surface area contributed by atoms with Gasteiger partial charge in [0.1, 0.15) is 11.5 Å². The van der Waals surface area contributed by atoms with Gasteiger partial charge in [-0.3, -0.25) is 10.2 Å². The maximum atomic E-state index is 11.0. The van der Waals surface area contributed by atoms with E-state index in [0.29, 0.717) is 11.5 Å². The van der Waals surface area contributed by atoms with Crippen LogP contribution in [0.15, 0.2) is 15.6 Å². The van der Waals surface area contributed by atoms with Crippen LogP contribution in [0.5, 0.6) is 0 Å². The molecule has 1 heterocycles. The number of ether oxygens (including phenoxy) is 1. The van der Waals surface area contributed by atoms with Crippen molar-refractivity contribution in [3.63, 3.8) is 0 Å². The Morgan fingerprint density at radius 3 is 2.70 bits per heavy atom. The van der Waals surface area contributed by atoms with Crippen LogP contribution in [0.25, 0.3) is 0 Å². The van der Waals surface area contributed by atoms with Crippen molar-refractivity contribution in [2.45, 2.75) is 46.5 Å². The summed E-state index contributed by atoms with van der Waals surface area (Å²) in [6, 6.07) is 1.95. The highest BCUT2D eigenvalue weighted by Crippen LogP contribution is 2.14. The van der Waals surface area contributed by atoms with E-state index in [4.69, 9.17) is 16.6 Å². The molecule has 0 radical (unpaired) electrons. The number of hydrogen-bond donors (Lipinski definition) is 2. The summed E-state index contributed by atoms with van der Waals surface area (Å²) in [6.45, 7) is 6.46. The number of furan rings is 1. The van der Waals surface area contributed by atoms with Gasteiger partial charge < -0.3 is 14.5 Å². The Balaban J connectivity index is 2.22. The van der Waals surface area contributed by atoms with Crippen LogP contribution in [0, 0.1) is 13.8 Å². The first kappa shape index (κ1) is 19.2. The summed E-state index contributed by atoms with van der Waals surface area (Å²) >= 11 is 5.17. The van der Waals surface area contributed by atoms with Gasteiger partial charge in [-0.2, -0.15) is 5.10 Å². The van der Waals surface area contributed by atoms with Gasteiger partial charge in [-0.15, -0.1) is 0 Å². The number of carbonyl (C=O) groups excluding carboxylic acids is 1. The molecule has 0 unspecified atom stereocenters. The number of hydrogen-bond acceptors (Lipinski definition) is 5. The van der Waals surface area contributed by atoms with Gasteiger partial charge >= 0.3 is 5.97 Å². The number of carbonyl (C=O) groups is 1. The summed E-state index contributed by atoms with van der Waals surface area (Å²) in [5.41, 5.74) is 4.62. The normalized spacial score (nSPS) is 11.2.